The van der Waals surface area contributed by atoms with E-state index in [1.165, 1.54) is 6.33 Å². The van der Waals surface area contributed by atoms with E-state index in [0.29, 0.717) is 11.6 Å². The topological polar surface area (TPSA) is 96.2 Å². The summed E-state index contributed by atoms with van der Waals surface area (Å²) in [6.45, 7) is 1.89. The summed E-state index contributed by atoms with van der Waals surface area (Å²) in [5, 5.41) is 5.24. The van der Waals surface area contributed by atoms with Crippen molar-refractivity contribution in [1.82, 2.24) is 20.4 Å². The molecular formula is C13H17InN6O. The molecule has 8 heteroatoms. The molecule has 0 saturated carbocycles. The number of nitrogen functional groups attached to an aromatic ring is 1. The maximum absolute atomic E-state index is 12.4. The number of hydrazine groups is 1. The third kappa shape index (κ3) is 3.56. The van der Waals surface area contributed by atoms with Crippen LogP contribution in [-0.4, -0.2) is 53.2 Å². The molecule has 1 amide bonds. The zero-order chi connectivity index (χ0) is 14.7. The second-order valence-corrected chi connectivity index (χ2v) is 12.2. The van der Waals surface area contributed by atoms with Gasteiger partial charge in [-0.2, -0.15) is 0 Å². The van der Waals surface area contributed by atoms with E-state index in [0.717, 1.165) is 29.4 Å². The van der Waals surface area contributed by atoms with E-state index >= 15 is 0 Å². The van der Waals surface area contributed by atoms with Crippen LogP contribution in [0.1, 0.15) is 12.8 Å². The van der Waals surface area contributed by atoms with Crippen molar-refractivity contribution in [1.29, 1.82) is 0 Å². The quantitative estimate of drug-likeness (QED) is 0.707. The number of carbonyl (C=O) groups is 1. The van der Waals surface area contributed by atoms with Crippen molar-refractivity contribution in [3.8, 4) is 0 Å². The standard InChI is InChI=1S/C8H8N4.C5H9N2O.In/c1-2-3-4-10-8-5-7(9)11-6-12-8;8-5-6-7-3-1-2-4-7;/h1-3,5-6H,(H3,9,10,11,12);1-4H2,(H,6,8);. The number of carbonyl (C=O) groups excluding carboxylic acids is 1. The number of nitrogens with zero attached hydrogens (tertiary/aromatic N) is 3. The monoisotopic (exact) mass is 388 g/mol. The van der Waals surface area contributed by atoms with Gasteiger partial charge in [0.2, 0.25) is 0 Å². The van der Waals surface area contributed by atoms with Gasteiger partial charge in [0, 0.05) is 0 Å². The van der Waals surface area contributed by atoms with Gasteiger partial charge in [0.25, 0.3) is 0 Å². The molecule has 4 N–H and O–H groups in total. The number of amides is 1. The molecule has 0 aromatic carbocycles. The summed E-state index contributed by atoms with van der Waals surface area (Å²) in [6.07, 6.45) is 7.63. The molecule has 108 valence electrons. The van der Waals surface area contributed by atoms with Crippen LogP contribution in [0.5, 0.6) is 0 Å². The number of anilines is 2. The van der Waals surface area contributed by atoms with Crippen LogP contribution in [0.4, 0.5) is 16.4 Å². The summed E-state index contributed by atoms with van der Waals surface area (Å²) in [5.74, 6) is 1.04. The van der Waals surface area contributed by atoms with Crippen LogP contribution in [0.2, 0.25) is 0 Å². The van der Waals surface area contributed by atoms with Gasteiger partial charge in [-0.15, -0.1) is 0 Å². The molecule has 7 nitrogen and oxygen atoms in total. The van der Waals surface area contributed by atoms with Gasteiger partial charge < -0.3 is 0 Å². The molecular weight excluding hydrogens is 371 g/mol. The number of nitrogens with one attached hydrogen (secondary N) is 2. The van der Waals surface area contributed by atoms with E-state index in [4.69, 9.17) is 5.73 Å². The van der Waals surface area contributed by atoms with Crippen LogP contribution in [0.25, 0.3) is 0 Å². The van der Waals surface area contributed by atoms with E-state index < -0.39 is 21.4 Å². The summed E-state index contributed by atoms with van der Waals surface area (Å²) in [6, 6.07) is 1.67. The Bertz CT molecular complexity index is 596. The van der Waals surface area contributed by atoms with E-state index in [1.54, 1.807) is 6.07 Å². The van der Waals surface area contributed by atoms with Crippen LogP contribution in [0.3, 0.4) is 0 Å². The molecule has 21 heavy (non-hydrogen) atoms. The Kier molecular flexibility index (Phi) is 4.45. The summed E-state index contributed by atoms with van der Waals surface area (Å²) in [5.41, 5.74) is 8.69. The van der Waals surface area contributed by atoms with Crippen molar-refractivity contribution in [3.05, 3.63) is 31.8 Å². The average molecular weight is 388 g/mol. The normalized spacial score (nSPS) is 17.9. The zero-order valence-electron chi connectivity index (χ0n) is 11.6. The van der Waals surface area contributed by atoms with Crippen LogP contribution in [0, 0.1) is 0 Å². The predicted molar refractivity (Wildman–Crippen MR) is 82.4 cm³/mol. The van der Waals surface area contributed by atoms with Gasteiger partial charge >= 0.3 is 131 Å². The molecule has 0 radical (unpaired) electrons. The van der Waals surface area contributed by atoms with Crippen molar-refractivity contribution >= 4 is 36.7 Å². The fourth-order valence-electron chi connectivity index (χ4n) is 2.47. The SMILES string of the molecule is Nc1cc(N[C]2=CC=[CH][In]2[C](=O)NN2CCCC2)ncn1. The van der Waals surface area contributed by atoms with Crippen molar-refractivity contribution in [2.24, 2.45) is 0 Å². The minimum atomic E-state index is -2.64. The minimum absolute atomic E-state index is 0.174. The summed E-state index contributed by atoms with van der Waals surface area (Å²) in [4.78, 5) is 20.4. The first-order chi connectivity index (χ1) is 10.2. The van der Waals surface area contributed by atoms with Crippen LogP contribution in [-0.2, 0) is 0 Å². The number of rotatable bonds is 4. The maximum atomic E-state index is 12.4. The fraction of sp³-hybridized carbons (Fsp3) is 0.308. The fourth-order valence-corrected chi connectivity index (χ4v) is 8.01. The molecule has 3 heterocycles. The molecule has 0 bridgehead atoms. The Balaban J connectivity index is 1.64. The Morgan fingerprint density at radius 2 is 2.14 bits per heavy atom. The summed E-state index contributed by atoms with van der Waals surface area (Å²) in [7, 11) is 0. The van der Waals surface area contributed by atoms with Crippen molar-refractivity contribution in [2.75, 3.05) is 24.1 Å². The van der Waals surface area contributed by atoms with Gasteiger partial charge in [-0.1, -0.05) is 0 Å². The number of aromatic nitrogens is 2. The molecule has 2 aliphatic heterocycles. The second kappa shape index (κ2) is 6.48. The zero-order valence-corrected chi connectivity index (χ0v) is 14.9. The molecule has 1 saturated heterocycles. The van der Waals surface area contributed by atoms with Crippen LogP contribution >= 0.6 is 0 Å². The van der Waals surface area contributed by atoms with E-state index in [9.17, 15) is 4.79 Å². The molecule has 1 aromatic rings. The van der Waals surface area contributed by atoms with Gasteiger partial charge in [-0.05, 0) is 0 Å². The Morgan fingerprint density at radius 3 is 2.90 bits per heavy atom. The van der Waals surface area contributed by atoms with Gasteiger partial charge in [-0.3, -0.25) is 0 Å². The van der Waals surface area contributed by atoms with Crippen molar-refractivity contribution < 1.29 is 4.79 Å². The van der Waals surface area contributed by atoms with E-state index in [1.807, 2.05) is 17.2 Å². The average Bonchev–Trinajstić information content (AvgIpc) is 3.10. The Labute approximate surface area is 130 Å². The van der Waals surface area contributed by atoms with Gasteiger partial charge in [0.1, 0.15) is 0 Å². The number of allylic oxidation sites excluding steroid dienone is 2. The third-order valence-corrected chi connectivity index (χ3v) is 10.1. The molecule has 0 aliphatic carbocycles. The molecule has 0 unspecified atom stereocenters. The van der Waals surface area contributed by atoms with Gasteiger partial charge in [0.05, 0.1) is 0 Å². The van der Waals surface area contributed by atoms with Gasteiger partial charge in [-0.25, -0.2) is 0 Å². The first kappa shape index (κ1) is 14.4. The Hall–Kier alpha value is -1.54. The third-order valence-electron chi connectivity index (χ3n) is 3.53. The first-order valence-electron chi connectivity index (χ1n) is 7.01. The predicted octanol–water partition coefficient (Wildman–Crippen LogP) is 0.800. The van der Waals surface area contributed by atoms with Gasteiger partial charge in [0.15, 0.2) is 0 Å². The van der Waals surface area contributed by atoms with Crippen molar-refractivity contribution in [3.63, 3.8) is 0 Å². The summed E-state index contributed by atoms with van der Waals surface area (Å²) >= 11 is -2.64. The van der Waals surface area contributed by atoms with Crippen molar-refractivity contribution in [2.45, 2.75) is 12.8 Å². The molecule has 1 aromatic heterocycles. The number of nitrogens with two attached hydrogens (primary N) is 1. The van der Waals surface area contributed by atoms with Crippen LogP contribution in [0.15, 0.2) is 31.8 Å². The molecule has 0 atom stereocenters. The van der Waals surface area contributed by atoms with E-state index in [2.05, 4.69) is 24.5 Å². The summed E-state index contributed by atoms with van der Waals surface area (Å²) < 4.78 is 3.24. The molecule has 1 fully saturated rings. The second-order valence-electron chi connectivity index (χ2n) is 5.11. The Morgan fingerprint density at radius 1 is 1.33 bits per heavy atom. The first-order valence-corrected chi connectivity index (χ1v) is 12.2. The number of hydrogen-bond acceptors (Lipinski definition) is 6. The number of hydrogen-bond donors (Lipinski definition) is 3. The van der Waals surface area contributed by atoms with Crippen LogP contribution < -0.4 is 16.5 Å². The van der Waals surface area contributed by atoms with E-state index in [-0.39, 0.29) is 3.66 Å². The molecule has 0 spiro atoms. The molecule has 3 rings (SSSR count). The molecule has 2 aliphatic rings.